The maximum absolute atomic E-state index is 11.9. The summed E-state index contributed by atoms with van der Waals surface area (Å²) in [7, 11) is -1.69. The summed E-state index contributed by atoms with van der Waals surface area (Å²) < 4.78 is 42.5. The highest BCUT2D eigenvalue weighted by Gasteiger charge is 2.47. The van der Waals surface area contributed by atoms with E-state index in [0.29, 0.717) is 44.6 Å². The molecule has 9 heteroatoms. The zero-order valence-corrected chi connectivity index (χ0v) is 20.0. The fraction of sp³-hybridized carbons (Fsp3) is 0.400. The second-order valence-corrected chi connectivity index (χ2v) is 11.0. The molecule has 1 saturated heterocycles. The van der Waals surface area contributed by atoms with Crippen LogP contribution in [0.1, 0.15) is 31.4 Å². The average Bonchev–Trinajstić information content (AvgIpc) is 3.49. The van der Waals surface area contributed by atoms with Crippen molar-refractivity contribution >= 4 is 9.84 Å². The lowest BCUT2D eigenvalue weighted by molar-refractivity contribution is -0.204. The molecule has 1 spiro atoms. The number of hydrogen-bond donors (Lipinski definition) is 1. The van der Waals surface area contributed by atoms with Gasteiger partial charge in [0.15, 0.2) is 15.6 Å². The van der Waals surface area contributed by atoms with Crippen molar-refractivity contribution in [2.75, 3.05) is 26.6 Å². The number of methoxy groups -OCH3 is 1. The molecule has 1 saturated carbocycles. The SMILES string of the molecule is COc1ccc(-n2nc(C3(O)CCC4(CC3)OCCO4)cc2-c2ccc(S(C)(=O)=O)cc2)cc1. The van der Waals surface area contributed by atoms with Crippen LogP contribution < -0.4 is 4.74 Å². The summed E-state index contributed by atoms with van der Waals surface area (Å²) in [6.07, 6.45) is 3.32. The Labute approximate surface area is 199 Å². The molecule has 180 valence electrons. The summed E-state index contributed by atoms with van der Waals surface area (Å²) in [5.41, 5.74) is 1.80. The summed E-state index contributed by atoms with van der Waals surface area (Å²) in [6.45, 7) is 1.16. The van der Waals surface area contributed by atoms with Crippen LogP contribution in [0.3, 0.4) is 0 Å². The Bertz CT molecular complexity index is 1270. The fourth-order valence-corrected chi connectivity index (χ4v) is 5.32. The van der Waals surface area contributed by atoms with Crippen molar-refractivity contribution in [3.8, 4) is 22.7 Å². The Morgan fingerprint density at radius 2 is 1.59 bits per heavy atom. The number of sulfone groups is 1. The largest absolute Gasteiger partial charge is 0.497 e. The van der Waals surface area contributed by atoms with Crippen molar-refractivity contribution in [1.82, 2.24) is 9.78 Å². The van der Waals surface area contributed by atoms with E-state index in [-0.39, 0.29) is 4.90 Å². The standard InChI is InChI=1S/C25H28N2O6S/c1-31-20-7-5-19(6-8-20)27-22(18-3-9-21(10-4-18)34(2,29)30)17-23(26-27)24(28)11-13-25(14-12-24)32-15-16-33-25/h3-10,17,28H,11-16H2,1-2H3. The van der Waals surface area contributed by atoms with Crippen LogP contribution in [0.5, 0.6) is 5.75 Å². The highest BCUT2D eigenvalue weighted by atomic mass is 32.2. The monoisotopic (exact) mass is 484 g/mol. The summed E-state index contributed by atoms with van der Waals surface area (Å²) in [4.78, 5) is 0.250. The molecule has 2 heterocycles. The van der Waals surface area contributed by atoms with Crippen molar-refractivity contribution in [2.24, 2.45) is 0 Å². The van der Waals surface area contributed by atoms with Gasteiger partial charge in [-0.3, -0.25) is 0 Å². The quantitative estimate of drug-likeness (QED) is 0.592. The predicted octanol–water partition coefficient (Wildman–Crippen LogP) is 3.46. The third-order valence-corrected chi connectivity index (χ3v) is 7.86. The van der Waals surface area contributed by atoms with Gasteiger partial charge in [0.05, 0.1) is 42.3 Å². The molecule has 5 rings (SSSR count). The van der Waals surface area contributed by atoms with Crippen molar-refractivity contribution < 1.29 is 27.7 Å². The van der Waals surface area contributed by atoms with E-state index < -0.39 is 21.2 Å². The molecule has 8 nitrogen and oxygen atoms in total. The Morgan fingerprint density at radius 3 is 2.15 bits per heavy atom. The van der Waals surface area contributed by atoms with Crippen LogP contribution in [0.4, 0.5) is 0 Å². The number of nitrogens with zero attached hydrogens (tertiary/aromatic N) is 2. The van der Waals surface area contributed by atoms with E-state index in [1.807, 2.05) is 30.3 Å². The first-order valence-electron chi connectivity index (χ1n) is 11.3. The van der Waals surface area contributed by atoms with Gasteiger partial charge in [-0.05, 0) is 55.3 Å². The third kappa shape index (κ3) is 4.24. The molecule has 1 N–H and O–H groups in total. The van der Waals surface area contributed by atoms with Gasteiger partial charge in [0.25, 0.3) is 0 Å². The number of benzene rings is 2. The van der Waals surface area contributed by atoms with Crippen LogP contribution in [0.2, 0.25) is 0 Å². The first-order chi connectivity index (χ1) is 16.2. The molecule has 2 fully saturated rings. The highest BCUT2D eigenvalue weighted by molar-refractivity contribution is 7.90. The van der Waals surface area contributed by atoms with E-state index in [1.54, 1.807) is 36.1 Å². The number of hydrogen-bond acceptors (Lipinski definition) is 7. The van der Waals surface area contributed by atoms with Gasteiger partial charge in [-0.25, -0.2) is 13.1 Å². The number of aromatic nitrogens is 2. The summed E-state index contributed by atoms with van der Waals surface area (Å²) >= 11 is 0. The van der Waals surface area contributed by atoms with E-state index in [9.17, 15) is 13.5 Å². The predicted molar refractivity (Wildman–Crippen MR) is 126 cm³/mol. The van der Waals surface area contributed by atoms with Gasteiger partial charge in [0.2, 0.25) is 0 Å². The molecule has 2 aliphatic rings. The van der Waals surface area contributed by atoms with E-state index >= 15 is 0 Å². The lowest BCUT2D eigenvalue weighted by Crippen LogP contribution is -2.42. The molecular formula is C25H28N2O6S. The zero-order chi connectivity index (χ0) is 24.0. The minimum absolute atomic E-state index is 0.250. The van der Waals surface area contributed by atoms with Crippen LogP contribution in [-0.4, -0.2) is 55.7 Å². The first-order valence-corrected chi connectivity index (χ1v) is 13.2. The maximum atomic E-state index is 11.9. The Kier molecular flexibility index (Phi) is 5.76. The number of ether oxygens (including phenoxy) is 3. The van der Waals surface area contributed by atoms with Gasteiger partial charge in [-0.2, -0.15) is 5.10 Å². The van der Waals surface area contributed by atoms with Gasteiger partial charge in [-0.15, -0.1) is 0 Å². The van der Waals surface area contributed by atoms with E-state index in [2.05, 4.69) is 0 Å². The van der Waals surface area contributed by atoms with Crippen LogP contribution in [0.15, 0.2) is 59.5 Å². The van der Waals surface area contributed by atoms with E-state index in [0.717, 1.165) is 22.7 Å². The third-order valence-electron chi connectivity index (χ3n) is 6.73. The lowest BCUT2D eigenvalue weighted by Gasteiger charge is -2.39. The second-order valence-electron chi connectivity index (χ2n) is 8.96. The Hall–Kier alpha value is -2.72. The molecular weight excluding hydrogens is 456 g/mol. The van der Waals surface area contributed by atoms with Gasteiger partial charge in [0, 0.05) is 24.7 Å². The molecule has 34 heavy (non-hydrogen) atoms. The van der Waals surface area contributed by atoms with E-state index in [1.165, 1.54) is 6.26 Å². The van der Waals surface area contributed by atoms with Gasteiger partial charge >= 0.3 is 0 Å². The molecule has 3 aromatic rings. The van der Waals surface area contributed by atoms with E-state index in [4.69, 9.17) is 19.3 Å². The van der Waals surface area contributed by atoms with Crippen LogP contribution >= 0.6 is 0 Å². The minimum Gasteiger partial charge on any atom is -0.497 e. The summed E-state index contributed by atoms with van der Waals surface area (Å²) in [5, 5.41) is 16.4. The van der Waals surface area contributed by atoms with Crippen LogP contribution in [0.25, 0.3) is 16.9 Å². The normalized spacial score (nSPS) is 19.4. The molecule has 1 aromatic heterocycles. The average molecular weight is 485 g/mol. The molecule has 0 bridgehead atoms. The van der Waals surface area contributed by atoms with Gasteiger partial charge in [0.1, 0.15) is 11.4 Å². The van der Waals surface area contributed by atoms with Gasteiger partial charge < -0.3 is 19.3 Å². The molecule has 2 aromatic carbocycles. The molecule has 0 atom stereocenters. The first kappa shape index (κ1) is 23.0. The fourth-order valence-electron chi connectivity index (χ4n) is 4.69. The zero-order valence-electron chi connectivity index (χ0n) is 19.2. The number of rotatable bonds is 5. The highest BCUT2D eigenvalue weighted by Crippen LogP contribution is 2.45. The van der Waals surface area contributed by atoms with Crippen LogP contribution in [0, 0.1) is 0 Å². The molecule has 0 radical (unpaired) electrons. The Morgan fingerprint density at radius 1 is 0.971 bits per heavy atom. The maximum Gasteiger partial charge on any atom is 0.175 e. The molecule has 1 aliphatic heterocycles. The minimum atomic E-state index is -3.30. The van der Waals surface area contributed by atoms with Crippen molar-refractivity contribution in [2.45, 2.75) is 42.0 Å². The lowest BCUT2D eigenvalue weighted by atomic mass is 9.79. The Balaban J connectivity index is 1.54. The smallest absolute Gasteiger partial charge is 0.175 e. The topological polar surface area (TPSA) is 99.9 Å². The summed E-state index contributed by atoms with van der Waals surface area (Å²) in [6, 6.07) is 16.1. The van der Waals surface area contributed by atoms with Crippen LogP contribution in [-0.2, 0) is 24.9 Å². The van der Waals surface area contributed by atoms with Crippen molar-refractivity contribution in [3.05, 3.63) is 60.3 Å². The van der Waals surface area contributed by atoms with Gasteiger partial charge in [-0.1, -0.05) is 12.1 Å². The second kappa shape index (κ2) is 8.49. The molecule has 0 amide bonds. The molecule has 1 aliphatic carbocycles. The number of aliphatic hydroxyl groups is 1. The van der Waals surface area contributed by atoms with Crippen molar-refractivity contribution in [1.29, 1.82) is 0 Å². The summed E-state index contributed by atoms with van der Waals surface area (Å²) in [5.74, 6) is 0.137. The molecule has 0 unspecified atom stereocenters. The van der Waals surface area contributed by atoms with Crippen molar-refractivity contribution in [3.63, 3.8) is 0 Å².